The van der Waals surface area contributed by atoms with Crippen molar-refractivity contribution in [1.82, 2.24) is 4.98 Å². The van der Waals surface area contributed by atoms with E-state index in [1.54, 1.807) is 38.1 Å². The molecule has 0 spiro atoms. The lowest BCUT2D eigenvalue weighted by Gasteiger charge is -2.09. The highest BCUT2D eigenvalue weighted by Gasteiger charge is 2.21. The average Bonchev–Trinajstić information content (AvgIpc) is 2.90. The van der Waals surface area contributed by atoms with E-state index < -0.39 is 12.6 Å². The van der Waals surface area contributed by atoms with E-state index in [0.29, 0.717) is 22.5 Å². The molecular weight excluding hydrogens is 344 g/mol. The number of amides is 1. The van der Waals surface area contributed by atoms with Gasteiger partial charge in [-0.05, 0) is 49.2 Å². The van der Waals surface area contributed by atoms with E-state index in [9.17, 15) is 14.4 Å². The molecule has 6 nitrogen and oxygen atoms in total. The molecular formula is C18H15ClN2O4. The third kappa shape index (κ3) is 3.53. The van der Waals surface area contributed by atoms with E-state index >= 15 is 0 Å². The van der Waals surface area contributed by atoms with Crippen LogP contribution < -0.4 is 5.32 Å². The van der Waals surface area contributed by atoms with Crippen molar-refractivity contribution in [3.05, 3.63) is 57.4 Å². The number of fused-ring (bicyclic) bond motifs is 1. The fourth-order valence-corrected chi connectivity index (χ4v) is 3.09. The number of rotatable bonds is 4. The number of hydrogen-bond acceptors (Lipinski definition) is 5. The molecule has 0 atom stereocenters. The maximum absolute atomic E-state index is 12.3. The number of pyridine rings is 1. The summed E-state index contributed by atoms with van der Waals surface area (Å²) in [5.74, 6) is -1.16. The lowest BCUT2D eigenvalue weighted by molar-refractivity contribution is -0.115. The van der Waals surface area contributed by atoms with Crippen LogP contribution in [0.1, 0.15) is 37.5 Å². The van der Waals surface area contributed by atoms with Crippen molar-refractivity contribution in [1.29, 1.82) is 0 Å². The van der Waals surface area contributed by atoms with Crippen molar-refractivity contribution < 1.29 is 19.1 Å². The van der Waals surface area contributed by atoms with Gasteiger partial charge in [0.2, 0.25) is 5.91 Å². The van der Waals surface area contributed by atoms with Crippen LogP contribution in [-0.4, -0.2) is 29.3 Å². The van der Waals surface area contributed by atoms with E-state index in [2.05, 4.69) is 10.3 Å². The highest BCUT2D eigenvalue weighted by molar-refractivity contribution is 6.32. The Morgan fingerprint density at radius 2 is 2.04 bits per heavy atom. The van der Waals surface area contributed by atoms with Crippen LogP contribution in [0.2, 0.25) is 5.15 Å². The second-order valence-electron chi connectivity index (χ2n) is 5.84. The number of esters is 1. The minimum atomic E-state index is -0.693. The van der Waals surface area contributed by atoms with Crippen molar-refractivity contribution in [2.24, 2.45) is 0 Å². The Labute approximate surface area is 149 Å². The molecule has 0 fully saturated rings. The first-order valence-electron chi connectivity index (χ1n) is 7.62. The first-order valence-corrected chi connectivity index (χ1v) is 8.00. The van der Waals surface area contributed by atoms with Crippen LogP contribution >= 0.6 is 11.6 Å². The van der Waals surface area contributed by atoms with Gasteiger partial charge >= 0.3 is 5.97 Å². The van der Waals surface area contributed by atoms with E-state index in [1.807, 2.05) is 0 Å². The highest BCUT2D eigenvalue weighted by atomic mass is 35.5. The Kier molecular flexibility index (Phi) is 4.55. The standard InChI is InChI=1S/C18H15ClN2O4/c1-9-5-10(2)20-17(19)16(9)18(24)25-8-14(22)11-3-4-13-12(6-11)7-15(23)21-13/h3-6H,7-8H2,1-2H3,(H,21,23). The molecule has 1 aromatic heterocycles. The van der Waals surface area contributed by atoms with E-state index in [0.717, 1.165) is 5.56 Å². The van der Waals surface area contributed by atoms with Crippen LogP contribution in [0, 0.1) is 13.8 Å². The van der Waals surface area contributed by atoms with Gasteiger partial charge in [0.15, 0.2) is 12.4 Å². The number of aryl methyl sites for hydroxylation is 2. The Bertz CT molecular complexity index is 885. The van der Waals surface area contributed by atoms with Gasteiger partial charge in [0, 0.05) is 16.9 Å². The predicted octanol–water partition coefficient (Wildman–Crippen LogP) is 2.89. The Morgan fingerprint density at radius 1 is 1.28 bits per heavy atom. The number of ether oxygens (including phenoxy) is 1. The molecule has 128 valence electrons. The number of nitrogens with zero attached hydrogens (tertiary/aromatic N) is 1. The molecule has 1 aliphatic rings. The number of Topliss-reactive ketones (excluding diaryl/α,β-unsaturated/α-hetero) is 1. The summed E-state index contributed by atoms with van der Waals surface area (Å²) in [7, 11) is 0. The lowest BCUT2D eigenvalue weighted by atomic mass is 10.1. The molecule has 0 unspecified atom stereocenters. The zero-order valence-corrected chi connectivity index (χ0v) is 14.4. The van der Waals surface area contributed by atoms with Crippen LogP contribution in [0.15, 0.2) is 24.3 Å². The lowest BCUT2D eigenvalue weighted by Crippen LogP contribution is -2.16. The third-order valence-electron chi connectivity index (χ3n) is 3.89. The van der Waals surface area contributed by atoms with Gasteiger partial charge in [0.05, 0.1) is 12.0 Å². The second-order valence-corrected chi connectivity index (χ2v) is 6.20. The van der Waals surface area contributed by atoms with Crippen LogP contribution in [0.25, 0.3) is 0 Å². The van der Waals surface area contributed by atoms with Crippen molar-refractivity contribution in [3.63, 3.8) is 0 Å². The topological polar surface area (TPSA) is 85.4 Å². The molecule has 1 amide bonds. The molecule has 0 saturated carbocycles. The molecule has 7 heteroatoms. The van der Waals surface area contributed by atoms with Gasteiger partial charge < -0.3 is 10.1 Å². The van der Waals surface area contributed by atoms with E-state index in [-0.39, 0.29) is 28.8 Å². The van der Waals surface area contributed by atoms with Gasteiger partial charge in [-0.3, -0.25) is 9.59 Å². The number of carbonyl (C=O) groups is 3. The molecule has 2 heterocycles. The minimum Gasteiger partial charge on any atom is -0.454 e. The van der Waals surface area contributed by atoms with Crippen molar-refractivity contribution in [3.8, 4) is 0 Å². The highest BCUT2D eigenvalue weighted by Crippen LogP contribution is 2.24. The van der Waals surface area contributed by atoms with E-state index in [4.69, 9.17) is 16.3 Å². The molecule has 0 saturated heterocycles. The fraction of sp³-hybridized carbons (Fsp3) is 0.222. The molecule has 1 N–H and O–H groups in total. The summed E-state index contributed by atoms with van der Waals surface area (Å²) in [4.78, 5) is 39.8. The molecule has 2 aromatic rings. The number of halogens is 1. The molecule has 0 aliphatic carbocycles. The number of aromatic nitrogens is 1. The van der Waals surface area contributed by atoms with Crippen LogP contribution in [0.3, 0.4) is 0 Å². The maximum Gasteiger partial charge on any atom is 0.342 e. The molecule has 25 heavy (non-hydrogen) atoms. The van der Waals surface area contributed by atoms with Crippen LogP contribution in [-0.2, 0) is 16.0 Å². The summed E-state index contributed by atoms with van der Waals surface area (Å²) in [6.07, 6.45) is 0.236. The molecule has 3 rings (SSSR count). The minimum absolute atomic E-state index is 0.0528. The van der Waals surface area contributed by atoms with Gasteiger partial charge in [-0.25, -0.2) is 9.78 Å². The third-order valence-corrected chi connectivity index (χ3v) is 4.16. The fourth-order valence-electron chi connectivity index (χ4n) is 2.73. The summed E-state index contributed by atoms with van der Waals surface area (Å²) in [5.41, 5.74) is 3.32. The maximum atomic E-state index is 12.3. The number of ketones is 1. The van der Waals surface area contributed by atoms with Gasteiger partial charge in [-0.2, -0.15) is 0 Å². The summed E-state index contributed by atoms with van der Waals surface area (Å²) >= 11 is 6.00. The smallest absolute Gasteiger partial charge is 0.342 e. The Balaban J connectivity index is 1.70. The molecule has 0 bridgehead atoms. The Hall–Kier alpha value is -2.73. The molecule has 1 aliphatic heterocycles. The Morgan fingerprint density at radius 3 is 2.76 bits per heavy atom. The number of benzene rings is 1. The second kappa shape index (κ2) is 6.64. The van der Waals surface area contributed by atoms with E-state index in [1.165, 1.54) is 0 Å². The predicted molar refractivity (Wildman–Crippen MR) is 92.1 cm³/mol. The van der Waals surface area contributed by atoms with Gasteiger partial charge in [0.1, 0.15) is 5.15 Å². The molecule has 1 aromatic carbocycles. The van der Waals surface area contributed by atoms with Gasteiger partial charge in [0.25, 0.3) is 0 Å². The number of anilines is 1. The summed E-state index contributed by atoms with van der Waals surface area (Å²) in [6.45, 7) is 3.08. The average molecular weight is 359 g/mol. The quantitative estimate of drug-likeness (QED) is 0.516. The number of carbonyl (C=O) groups excluding carboxylic acids is 3. The largest absolute Gasteiger partial charge is 0.454 e. The zero-order valence-electron chi connectivity index (χ0n) is 13.7. The zero-order chi connectivity index (χ0) is 18.1. The van der Waals surface area contributed by atoms with Gasteiger partial charge in [-0.15, -0.1) is 0 Å². The van der Waals surface area contributed by atoms with Gasteiger partial charge in [-0.1, -0.05) is 11.6 Å². The first-order chi connectivity index (χ1) is 11.8. The SMILES string of the molecule is Cc1cc(C)c(C(=O)OCC(=O)c2ccc3c(c2)CC(=O)N3)c(Cl)n1. The van der Waals surface area contributed by atoms with Crippen LogP contribution in [0.4, 0.5) is 5.69 Å². The molecule has 0 radical (unpaired) electrons. The van der Waals surface area contributed by atoms with Crippen LogP contribution in [0.5, 0.6) is 0 Å². The monoisotopic (exact) mass is 358 g/mol. The summed E-state index contributed by atoms with van der Waals surface area (Å²) in [6, 6.07) is 6.61. The normalized spacial score (nSPS) is 12.5. The summed E-state index contributed by atoms with van der Waals surface area (Å²) < 4.78 is 5.09. The number of hydrogen-bond donors (Lipinski definition) is 1. The van der Waals surface area contributed by atoms with Crippen molar-refractivity contribution >= 4 is 34.9 Å². The first kappa shape index (κ1) is 17.1. The summed E-state index contributed by atoms with van der Waals surface area (Å²) in [5, 5.41) is 2.75. The van der Waals surface area contributed by atoms with Crippen molar-refractivity contribution in [2.45, 2.75) is 20.3 Å². The van der Waals surface area contributed by atoms with Crippen molar-refractivity contribution in [2.75, 3.05) is 11.9 Å². The number of nitrogens with one attached hydrogen (secondary N) is 1.